The SMILES string of the molecule is Cc1cc(NC(=O)C2(N)CCCCC2)ccc1Br. The van der Waals surface area contributed by atoms with Crippen LogP contribution >= 0.6 is 15.9 Å². The van der Waals surface area contributed by atoms with Crippen molar-refractivity contribution in [2.24, 2.45) is 5.73 Å². The van der Waals surface area contributed by atoms with Gasteiger partial charge in [0.15, 0.2) is 0 Å². The van der Waals surface area contributed by atoms with Gasteiger partial charge in [0.05, 0.1) is 5.54 Å². The zero-order valence-electron chi connectivity index (χ0n) is 10.6. The molecule has 1 aromatic carbocycles. The fraction of sp³-hybridized carbons (Fsp3) is 0.500. The van der Waals surface area contributed by atoms with Gasteiger partial charge in [-0.15, -0.1) is 0 Å². The molecular formula is C14H19BrN2O. The van der Waals surface area contributed by atoms with Crippen molar-refractivity contribution < 1.29 is 4.79 Å². The quantitative estimate of drug-likeness (QED) is 0.880. The van der Waals surface area contributed by atoms with E-state index in [0.29, 0.717) is 0 Å². The molecule has 2 rings (SSSR count). The number of carbonyl (C=O) groups is 1. The Morgan fingerprint density at radius 1 is 1.33 bits per heavy atom. The number of amides is 1. The fourth-order valence-electron chi connectivity index (χ4n) is 2.39. The molecule has 0 spiro atoms. The summed E-state index contributed by atoms with van der Waals surface area (Å²) >= 11 is 3.45. The highest BCUT2D eigenvalue weighted by molar-refractivity contribution is 9.10. The highest BCUT2D eigenvalue weighted by atomic mass is 79.9. The van der Waals surface area contributed by atoms with Crippen molar-refractivity contribution in [2.75, 3.05) is 5.32 Å². The molecule has 1 fully saturated rings. The number of anilines is 1. The van der Waals surface area contributed by atoms with Crippen molar-refractivity contribution in [1.29, 1.82) is 0 Å². The van der Waals surface area contributed by atoms with Gasteiger partial charge in [-0.05, 0) is 43.5 Å². The van der Waals surface area contributed by atoms with Crippen LogP contribution in [0.25, 0.3) is 0 Å². The molecule has 98 valence electrons. The fourth-order valence-corrected chi connectivity index (χ4v) is 2.63. The number of rotatable bonds is 2. The topological polar surface area (TPSA) is 55.1 Å². The van der Waals surface area contributed by atoms with Crippen molar-refractivity contribution in [3.8, 4) is 0 Å². The van der Waals surface area contributed by atoms with Crippen LogP contribution in [-0.2, 0) is 4.79 Å². The third-order valence-corrected chi connectivity index (χ3v) is 4.50. The first-order valence-corrected chi connectivity index (χ1v) is 7.17. The van der Waals surface area contributed by atoms with Crippen LogP contribution in [0.1, 0.15) is 37.7 Å². The molecule has 0 aliphatic heterocycles. The van der Waals surface area contributed by atoms with Gasteiger partial charge in [-0.3, -0.25) is 4.79 Å². The summed E-state index contributed by atoms with van der Waals surface area (Å²) in [4.78, 5) is 12.2. The number of halogens is 1. The normalized spacial score (nSPS) is 18.4. The Labute approximate surface area is 116 Å². The number of benzene rings is 1. The monoisotopic (exact) mass is 310 g/mol. The zero-order valence-corrected chi connectivity index (χ0v) is 12.2. The maximum absolute atomic E-state index is 12.2. The van der Waals surface area contributed by atoms with Crippen molar-refractivity contribution in [1.82, 2.24) is 0 Å². The molecule has 3 nitrogen and oxygen atoms in total. The van der Waals surface area contributed by atoms with Crippen LogP contribution in [-0.4, -0.2) is 11.4 Å². The van der Waals surface area contributed by atoms with Crippen LogP contribution in [0, 0.1) is 6.92 Å². The zero-order chi connectivity index (χ0) is 13.2. The lowest BCUT2D eigenvalue weighted by Crippen LogP contribution is -2.52. The molecule has 0 unspecified atom stereocenters. The second kappa shape index (κ2) is 5.41. The second-order valence-electron chi connectivity index (χ2n) is 5.13. The smallest absolute Gasteiger partial charge is 0.244 e. The number of carbonyl (C=O) groups excluding carboxylic acids is 1. The highest BCUT2D eigenvalue weighted by Crippen LogP contribution is 2.28. The predicted octanol–water partition coefficient (Wildman–Crippen LogP) is 3.36. The number of hydrogen-bond donors (Lipinski definition) is 2. The minimum absolute atomic E-state index is 0.0519. The molecule has 0 radical (unpaired) electrons. The Balaban J connectivity index is 2.08. The van der Waals surface area contributed by atoms with E-state index in [4.69, 9.17) is 5.73 Å². The summed E-state index contributed by atoms with van der Waals surface area (Å²) in [6.45, 7) is 2.00. The van der Waals surface area contributed by atoms with Crippen LogP contribution in [0.2, 0.25) is 0 Å². The maximum atomic E-state index is 12.2. The van der Waals surface area contributed by atoms with Gasteiger partial charge in [0.2, 0.25) is 5.91 Å². The summed E-state index contributed by atoms with van der Waals surface area (Å²) < 4.78 is 1.04. The third-order valence-electron chi connectivity index (χ3n) is 3.61. The lowest BCUT2D eigenvalue weighted by Gasteiger charge is -2.31. The van der Waals surface area contributed by atoms with E-state index in [0.717, 1.165) is 41.4 Å². The average molecular weight is 311 g/mol. The summed E-state index contributed by atoms with van der Waals surface area (Å²) in [7, 11) is 0. The molecule has 4 heteroatoms. The molecule has 1 amide bonds. The van der Waals surface area contributed by atoms with Crippen molar-refractivity contribution in [2.45, 2.75) is 44.6 Å². The van der Waals surface area contributed by atoms with Gasteiger partial charge in [-0.2, -0.15) is 0 Å². The van der Waals surface area contributed by atoms with Crippen LogP contribution in [0.4, 0.5) is 5.69 Å². The van der Waals surface area contributed by atoms with E-state index >= 15 is 0 Å². The molecule has 1 aliphatic carbocycles. The molecule has 1 aromatic rings. The molecule has 0 atom stereocenters. The van der Waals surface area contributed by atoms with Gasteiger partial charge in [0, 0.05) is 10.2 Å². The summed E-state index contributed by atoms with van der Waals surface area (Å²) in [6.07, 6.45) is 4.85. The number of aryl methyl sites for hydroxylation is 1. The highest BCUT2D eigenvalue weighted by Gasteiger charge is 2.35. The van der Waals surface area contributed by atoms with Gasteiger partial charge in [0.1, 0.15) is 0 Å². The molecule has 1 aliphatic rings. The minimum atomic E-state index is -0.681. The van der Waals surface area contributed by atoms with E-state index in [9.17, 15) is 4.79 Å². The first-order valence-electron chi connectivity index (χ1n) is 6.38. The first-order chi connectivity index (χ1) is 8.51. The van der Waals surface area contributed by atoms with Gasteiger partial charge >= 0.3 is 0 Å². The Morgan fingerprint density at radius 3 is 2.61 bits per heavy atom. The van der Waals surface area contributed by atoms with E-state index in [2.05, 4.69) is 21.2 Å². The molecule has 0 saturated heterocycles. The first kappa shape index (κ1) is 13.6. The van der Waals surface area contributed by atoms with Gasteiger partial charge in [-0.1, -0.05) is 35.2 Å². The summed E-state index contributed by atoms with van der Waals surface area (Å²) in [5, 5.41) is 2.94. The molecule has 1 saturated carbocycles. The largest absolute Gasteiger partial charge is 0.324 e. The molecule has 3 N–H and O–H groups in total. The van der Waals surface area contributed by atoms with Crippen molar-refractivity contribution in [3.63, 3.8) is 0 Å². The van der Waals surface area contributed by atoms with Gasteiger partial charge < -0.3 is 11.1 Å². The standard InChI is InChI=1S/C14H19BrN2O/c1-10-9-11(5-6-12(10)15)17-13(18)14(16)7-3-2-4-8-14/h5-6,9H,2-4,7-8,16H2,1H3,(H,17,18). The predicted molar refractivity (Wildman–Crippen MR) is 77.5 cm³/mol. The van der Waals surface area contributed by atoms with Crippen molar-refractivity contribution >= 4 is 27.5 Å². The Kier molecular flexibility index (Phi) is 4.07. The Hall–Kier alpha value is -0.870. The minimum Gasteiger partial charge on any atom is -0.324 e. The Morgan fingerprint density at radius 2 is 2.00 bits per heavy atom. The van der Waals surface area contributed by atoms with Crippen LogP contribution in [0.15, 0.2) is 22.7 Å². The number of nitrogens with one attached hydrogen (secondary N) is 1. The van der Waals surface area contributed by atoms with Crippen LogP contribution in [0.5, 0.6) is 0 Å². The maximum Gasteiger partial charge on any atom is 0.244 e. The average Bonchev–Trinajstić information content (AvgIpc) is 2.35. The van der Waals surface area contributed by atoms with Gasteiger partial charge in [0.25, 0.3) is 0 Å². The van der Waals surface area contributed by atoms with E-state index in [1.165, 1.54) is 6.42 Å². The summed E-state index contributed by atoms with van der Waals surface area (Å²) in [5.74, 6) is -0.0519. The molecular weight excluding hydrogens is 292 g/mol. The van der Waals surface area contributed by atoms with Crippen molar-refractivity contribution in [3.05, 3.63) is 28.2 Å². The Bertz CT molecular complexity index is 453. The lowest BCUT2D eigenvalue weighted by atomic mass is 9.82. The molecule has 18 heavy (non-hydrogen) atoms. The third kappa shape index (κ3) is 2.93. The van der Waals surface area contributed by atoms with Crippen LogP contribution in [0.3, 0.4) is 0 Å². The second-order valence-corrected chi connectivity index (χ2v) is 5.99. The summed E-state index contributed by atoms with van der Waals surface area (Å²) in [5.41, 5.74) is 7.43. The van der Waals surface area contributed by atoms with Crippen LogP contribution < -0.4 is 11.1 Å². The van der Waals surface area contributed by atoms with E-state index in [1.54, 1.807) is 0 Å². The summed E-state index contributed by atoms with van der Waals surface area (Å²) in [6, 6.07) is 5.78. The lowest BCUT2D eigenvalue weighted by molar-refractivity contribution is -0.122. The molecule has 0 heterocycles. The molecule has 0 aromatic heterocycles. The van der Waals surface area contributed by atoms with Gasteiger partial charge in [-0.25, -0.2) is 0 Å². The van der Waals surface area contributed by atoms with E-state index < -0.39 is 5.54 Å². The van der Waals surface area contributed by atoms with E-state index in [-0.39, 0.29) is 5.91 Å². The number of hydrogen-bond acceptors (Lipinski definition) is 2. The number of nitrogens with two attached hydrogens (primary N) is 1. The van der Waals surface area contributed by atoms with E-state index in [1.807, 2.05) is 25.1 Å². The molecule has 0 bridgehead atoms.